The maximum Gasteiger partial charge on any atom is 0.0972 e. The lowest BCUT2D eigenvalue weighted by molar-refractivity contribution is 0.567. The first kappa shape index (κ1) is 19.7. The third-order valence-electron chi connectivity index (χ3n) is 7.72. The Morgan fingerprint density at radius 3 is 2.22 bits per heavy atom. The van der Waals surface area contributed by atoms with Gasteiger partial charge < -0.3 is 0 Å². The van der Waals surface area contributed by atoms with E-state index in [0.717, 1.165) is 38.9 Å². The van der Waals surface area contributed by atoms with Crippen LogP contribution in [0.1, 0.15) is 5.69 Å². The number of hydrogen-bond acceptors (Lipinski definition) is 3. The van der Waals surface area contributed by atoms with Crippen molar-refractivity contribution >= 4 is 27.4 Å². The van der Waals surface area contributed by atoms with Gasteiger partial charge in [-0.2, -0.15) is 0 Å². The summed E-state index contributed by atoms with van der Waals surface area (Å²) in [5.41, 5.74) is 11.2. The number of rotatable bonds is 2. The molecule has 0 N–H and O–H groups in total. The molecule has 36 heavy (non-hydrogen) atoms. The predicted molar refractivity (Wildman–Crippen MR) is 146 cm³/mol. The summed E-state index contributed by atoms with van der Waals surface area (Å²) in [6.45, 7) is 0. The van der Waals surface area contributed by atoms with Gasteiger partial charge in [0.25, 0.3) is 0 Å². The predicted octanol–water partition coefficient (Wildman–Crippen LogP) is 7.33. The first-order chi connectivity index (χ1) is 17.8. The molecule has 0 radical (unpaired) electrons. The Labute approximate surface area is 208 Å². The van der Waals surface area contributed by atoms with E-state index in [2.05, 4.69) is 102 Å². The quantitative estimate of drug-likeness (QED) is 0.295. The van der Waals surface area contributed by atoms with Crippen LogP contribution >= 0.6 is 0 Å². The first-order valence-corrected chi connectivity index (χ1v) is 12.4. The Kier molecular flexibility index (Phi) is 4.06. The van der Waals surface area contributed by atoms with Crippen molar-refractivity contribution in [3.05, 3.63) is 143 Å². The van der Waals surface area contributed by atoms with Gasteiger partial charge in [-0.3, -0.25) is 4.98 Å². The molecule has 0 saturated carbocycles. The Morgan fingerprint density at radius 1 is 0.528 bits per heavy atom. The van der Waals surface area contributed by atoms with Crippen LogP contribution in [-0.4, -0.2) is 15.0 Å². The second-order valence-corrected chi connectivity index (χ2v) is 9.67. The van der Waals surface area contributed by atoms with E-state index >= 15 is 0 Å². The van der Waals surface area contributed by atoms with Crippen LogP contribution in [0.4, 0.5) is 0 Å². The molecule has 0 fully saturated rings. The molecule has 0 amide bonds. The van der Waals surface area contributed by atoms with Crippen molar-refractivity contribution in [2.45, 2.75) is 0 Å². The van der Waals surface area contributed by atoms with Gasteiger partial charge in [-0.25, -0.2) is 9.97 Å². The molecular weight excluding hydrogens is 438 g/mol. The number of aromatic nitrogens is 3. The molecule has 0 spiro atoms. The summed E-state index contributed by atoms with van der Waals surface area (Å²) in [4.78, 5) is 14.7. The summed E-state index contributed by atoms with van der Waals surface area (Å²) in [5.74, 6) is 0.731. The molecule has 168 valence electrons. The van der Waals surface area contributed by atoms with Crippen molar-refractivity contribution in [3.63, 3.8) is 0 Å². The van der Waals surface area contributed by atoms with Gasteiger partial charge in [0.1, 0.15) is 0 Å². The van der Waals surface area contributed by atoms with Gasteiger partial charge >= 0.3 is 0 Å². The monoisotopic (exact) mass is 459 g/mol. The topological polar surface area (TPSA) is 38.7 Å². The van der Waals surface area contributed by atoms with Crippen molar-refractivity contribution in [3.8, 4) is 11.4 Å². The summed E-state index contributed by atoms with van der Waals surface area (Å²) in [6.07, 6.45) is 22.1. The van der Waals surface area contributed by atoms with E-state index < -0.39 is 0 Å². The lowest BCUT2D eigenvalue weighted by Crippen LogP contribution is -2.29. The fourth-order valence-corrected chi connectivity index (χ4v) is 6.03. The van der Waals surface area contributed by atoms with Crippen molar-refractivity contribution in [1.82, 2.24) is 15.0 Å². The largest absolute Gasteiger partial charge is 0.254 e. The van der Waals surface area contributed by atoms with E-state index in [-0.39, 0.29) is 0 Å². The lowest BCUT2D eigenvalue weighted by Gasteiger charge is -2.40. The molecule has 0 bridgehead atoms. The fraction of sp³-hybridized carbons (Fsp3) is 0.0606. The van der Waals surface area contributed by atoms with Gasteiger partial charge in [-0.1, -0.05) is 85.0 Å². The maximum atomic E-state index is 5.12. The molecule has 4 aliphatic rings. The van der Waals surface area contributed by atoms with Gasteiger partial charge in [0, 0.05) is 34.4 Å². The second-order valence-electron chi connectivity index (χ2n) is 9.67. The van der Waals surface area contributed by atoms with Crippen LogP contribution in [-0.2, 0) is 0 Å². The second kappa shape index (κ2) is 7.43. The summed E-state index contributed by atoms with van der Waals surface area (Å²) in [7, 11) is 0. The number of allylic oxidation sites excluding steroid dienone is 14. The molecule has 1 aromatic carbocycles. The molecule has 2 atom stereocenters. The molecule has 8 rings (SSSR count). The Hall–Kier alpha value is -4.63. The Morgan fingerprint density at radius 2 is 1.28 bits per heavy atom. The highest BCUT2D eigenvalue weighted by atomic mass is 14.8. The molecule has 3 heteroatoms. The van der Waals surface area contributed by atoms with E-state index in [4.69, 9.17) is 9.97 Å². The van der Waals surface area contributed by atoms with Gasteiger partial charge in [0.2, 0.25) is 0 Å². The average molecular weight is 460 g/mol. The third kappa shape index (κ3) is 2.83. The SMILES string of the molecule is C1=CC2=CC=C3C(c4cccc(-c5ccc6ccc7cccnc7c6n5)n4)=CC=C4C=CC(=C1)C2C43. The summed E-state index contributed by atoms with van der Waals surface area (Å²) < 4.78 is 0. The smallest absolute Gasteiger partial charge is 0.0972 e. The van der Waals surface area contributed by atoms with E-state index in [1.54, 1.807) is 0 Å². The van der Waals surface area contributed by atoms with Gasteiger partial charge in [0.15, 0.2) is 0 Å². The zero-order valence-corrected chi connectivity index (χ0v) is 19.5. The minimum Gasteiger partial charge on any atom is -0.254 e. The van der Waals surface area contributed by atoms with Crippen molar-refractivity contribution < 1.29 is 0 Å². The van der Waals surface area contributed by atoms with Crippen LogP contribution in [0.5, 0.6) is 0 Å². The molecule has 2 unspecified atom stereocenters. The number of fused-ring (bicyclic) bond motifs is 3. The summed E-state index contributed by atoms with van der Waals surface area (Å²) in [6, 6.07) is 18.7. The molecule has 3 nitrogen and oxygen atoms in total. The van der Waals surface area contributed by atoms with Crippen molar-refractivity contribution in [2.24, 2.45) is 11.8 Å². The minimum atomic E-state index is 0.341. The summed E-state index contributed by atoms with van der Waals surface area (Å²) in [5, 5.41) is 2.18. The minimum absolute atomic E-state index is 0.341. The molecule has 3 heterocycles. The zero-order valence-electron chi connectivity index (χ0n) is 19.5. The molecule has 3 aromatic heterocycles. The first-order valence-electron chi connectivity index (χ1n) is 12.4. The van der Waals surface area contributed by atoms with Crippen LogP contribution in [0, 0.1) is 11.8 Å². The van der Waals surface area contributed by atoms with Gasteiger partial charge in [-0.05, 0) is 46.6 Å². The average Bonchev–Trinajstić information content (AvgIpc) is 2.95. The lowest BCUT2D eigenvalue weighted by atomic mass is 9.63. The van der Waals surface area contributed by atoms with Gasteiger partial charge in [-0.15, -0.1) is 0 Å². The van der Waals surface area contributed by atoms with Crippen molar-refractivity contribution in [2.75, 3.05) is 0 Å². The van der Waals surface area contributed by atoms with Crippen LogP contribution in [0.2, 0.25) is 0 Å². The van der Waals surface area contributed by atoms with E-state index in [9.17, 15) is 0 Å². The zero-order chi connectivity index (χ0) is 23.6. The summed E-state index contributed by atoms with van der Waals surface area (Å²) >= 11 is 0. The molecule has 4 aliphatic carbocycles. The molecule has 4 aromatic rings. The van der Waals surface area contributed by atoms with E-state index in [1.807, 2.05) is 18.3 Å². The number of benzene rings is 1. The normalized spacial score (nSPS) is 21.4. The van der Waals surface area contributed by atoms with Crippen molar-refractivity contribution in [1.29, 1.82) is 0 Å². The Bertz CT molecular complexity index is 1840. The van der Waals surface area contributed by atoms with Gasteiger partial charge in [0.05, 0.1) is 28.1 Å². The maximum absolute atomic E-state index is 5.12. The Balaban J connectivity index is 1.25. The third-order valence-corrected chi connectivity index (χ3v) is 7.72. The van der Waals surface area contributed by atoms with E-state index in [0.29, 0.717) is 11.8 Å². The molecular formula is C33H21N3. The molecule has 0 aliphatic heterocycles. The highest BCUT2D eigenvalue weighted by Gasteiger charge is 2.39. The van der Waals surface area contributed by atoms with Crippen LogP contribution < -0.4 is 0 Å². The van der Waals surface area contributed by atoms with Crippen LogP contribution in [0.15, 0.2) is 138 Å². The number of pyridine rings is 3. The highest BCUT2D eigenvalue weighted by molar-refractivity contribution is 6.03. The standard InChI is InChI=1S/C33H21N3/c1-4-20-9-10-22-13-16-25(26-17-14-21(5-1)30(20)31(22)26)27-7-2-8-28(35-27)29-18-15-24-12-11-23-6-3-19-34-32(23)33(24)36-29/h1-19,30-31H. The highest BCUT2D eigenvalue weighted by Crippen LogP contribution is 2.51. The number of hydrogen-bond donors (Lipinski definition) is 0. The molecule has 0 saturated heterocycles. The fourth-order valence-electron chi connectivity index (χ4n) is 6.03. The van der Waals surface area contributed by atoms with E-state index in [1.165, 1.54) is 27.9 Å². The van der Waals surface area contributed by atoms with Crippen LogP contribution in [0.25, 0.3) is 38.8 Å². The van der Waals surface area contributed by atoms with Crippen LogP contribution in [0.3, 0.4) is 0 Å². The number of nitrogens with zero attached hydrogens (tertiary/aromatic N) is 3.